The zero-order valence-electron chi connectivity index (χ0n) is 19.3. The van der Waals surface area contributed by atoms with Crippen LogP contribution < -0.4 is 9.80 Å². The third-order valence-electron chi connectivity index (χ3n) is 5.03. The summed E-state index contributed by atoms with van der Waals surface area (Å²) in [5.74, 6) is -0.117. The number of nitrogens with zero attached hydrogens (tertiary/aromatic N) is 6. The van der Waals surface area contributed by atoms with Gasteiger partial charge in [0.2, 0.25) is 12.4 Å². The number of carbonyl (C=O) groups is 1. The van der Waals surface area contributed by atoms with Gasteiger partial charge >= 0.3 is 5.97 Å². The number of aliphatic hydroxyl groups is 1. The number of carboxylic acid groups (broad SMARTS) is 1. The van der Waals surface area contributed by atoms with E-state index in [1.54, 1.807) is 4.90 Å². The Kier molecular flexibility index (Phi) is 7.86. The molecule has 0 bridgehead atoms. The Morgan fingerprint density at radius 3 is 2.62 bits per heavy atom. The molecule has 2 aromatic heterocycles. The van der Waals surface area contributed by atoms with Crippen LogP contribution in [0.4, 0.5) is 11.8 Å². The molecule has 0 aliphatic carbocycles. The molecule has 1 aliphatic heterocycles. The van der Waals surface area contributed by atoms with E-state index in [0.717, 1.165) is 19.3 Å². The molecule has 0 amide bonds. The number of morpholine rings is 1. The molecule has 32 heavy (non-hydrogen) atoms. The number of carboxylic acids is 1. The average Bonchev–Trinajstić information content (AvgIpc) is 3.12. The van der Waals surface area contributed by atoms with Gasteiger partial charge in [0.15, 0.2) is 17.0 Å². The van der Waals surface area contributed by atoms with Crippen LogP contribution in [0, 0.1) is 0 Å². The predicted octanol–water partition coefficient (Wildman–Crippen LogP) is 1.84. The van der Waals surface area contributed by atoms with Gasteiger partial charge in [0.05, 0.1) is 25.1 Å². The number of hydrogen-bond acceptors (Lipinski definition) is 9. The maximum absolute atomic E-state index is 11.4. The molecule has 3 heterocycles. The lowest BCUT2D eigenvalue weighted by Gasteiger charge is -2.33. The number of hydrogen-bond donors (Lipinski definition) is 2. The third-order valence-corrected chi connectivity index (χ3v) is 5.03. The zero-order chi connectivity index (χ0) is 23.3. The van der Waals surface area contributed by atoms with Crippen molar-refractivity contribution in [3.63, 3.8) is 0 Å². The van der Waals surface area contributed by atoms with Crippen LogP contribution in [0.3, 0.4) is 0 Å². The number of imidazole rings is 1. The maximum Gasteiger partial charge on any atom is 0.323 e. The Labute approximate surface area is 188 Å². The van der Waals surface area contributed by atoms with Crippen LogP contribution in [-0.2, 0) is 20.8 Å². The Morgan fingerprint density at radius 2 is 2.00 bits per heavy atom. The SMILES string of the molecule is CCCCCN(c1nc(N2CCOCC2)c2ncn(CC(=O)O)c2n1)C(O)OC(C)(C)C. The van der Waals surface area contributed by atoms with Gasteiger partial charge in [-0.1, -0.05) is 19.8 Å². The first-order chi connectivity index (χ1) is 15.2. The van der Waals surface area contributed by atoms with Crippen molar-refractivity contribution in [2.45, 2.75) is 65.5 Å². The Balaban J connectivity index is 2.08. The number of unbranched alkanes of at least 4 members (excludes halogenated alkanes) is 2. The summed E-state index contributed by atoms with van der Waals surface area (Å²) in [6, 6.07) is 0. The van der Waals surface area contributed by atoms with Crippen molar-refractivity contribution in [2.24, 2.45) is 0 Å². The quantitative estimate of drug-likeness (QED) is 0.409. The molecule has 3 rings (SSSR count). The zero-order valence-corrected chi connectivity index (χ0v) is 19.3. The molecule has 2 N–H and O–H groups in total. The van der Waals surface area contributed by atoms with Crippen LogP contribution in [-0.4, -0.2) is 80.6 Å². The summed E-state index contributed by atoms with van der Waals surface area (Å²) in [7, 11) is 0. The van der Waals surface area contributed by atoms with Crippen molar-refractivity contribution in [2.75, 3.05) is 42.6 Å². The van der Waals surface area contributed by atoms with Crippen molar-refractivity contribution < 1.29 is 24.5 Å². The van der Waals surface area contributed by atoms with Crippen LogP contribution in [0.25, 0.3) is 11.2 Å². The van der Waals surface area contributed by atoms with E-state index in [0.29, 0.717) is 49.8 Å². The lowest BCUT2D eigenvalue weighted by atomic mass is 10.2. The number of ether oxygens (including phenoxy) is 2. The number of aliphatic hydroxyl groups excluding tert-OH is 1. The van der Waals surface area contributed by atoms with E-state index in [9.17, 15) is 15.0 Å². The van der Waals surface area contributed by atoms with E-state index in [1.165, 1.54) is 10.9 Å². The van der Waals surface area contributed by atoms with Crippen LogP contribution in [0.2, 0.25) is 0 Å². The summed E-state index contributed by atoms with van der Waals surface area (Å²) in [6.45, 7) is 10.3. The van der Waals surface area contributed by atoms with Gasteiger partial charge in [-0.2, -0.15) is 9.97 Å². The maximum atomic E-state index is 11.4. The van der Waals surface area contributed by atoms with E-state index < -0.39 is 18.0 Å². The Morgan fingerprint density at radius 1 is 1.28 bits per heavy atom. The van der Waals surface area contributed by atoms with Crippen LogP contribution in [0.5, 0.6) is 0 Å². The molecule has 0 aromatic carbocycles. The smallest absolute Gasteiger partial charge is 0.323 e. The standard InChI is InChI=1S/C21H34N6O5/c1-5-6-7-8-27(20(30)32-21(2,3)4)19-23-17(25-9-11-31-12-10-25)16-18(24-19)26(14-22-16)13-15(28)29/h14,20,30H,5-13H2,1-4H3,(H,28,29). The van der Waals surface area contributed by atoms with Gasteiger partial charge < -0.3 is 29.2 Å². The van der Waals surface area contributed by atoms with Gasteiger partial charge in [-0.05, 0) is 27.2 Å². The lowest BCUT2D eigenvalue weighted by molar-refractivity contribution is -0.165. The summed E-state index contributed by atoms with van der Waals surface area (Å²) in [5.41, 5.74) is 0.351. The average molecular weight is 451 g/mol. The number of anilines is 2. The number of rotatable bonds is 10. The molecule has 0 radical (unpaired) electrons. The van der Waals surface area contributed by atoms with Crippen molar-refractivity contribution in [1.82, 2.24) is 19.5 Å². The van der Waals surface area contributed by atoms with Gasteiger partial charge in [0.1, 0.15) is 6.54 Å². The van der Waals surface area contributed by atoms with E-state index >= 15 is 0 Å². The minimum Gasteiger partial charge on any atom is -0.480 e. The topological polar surface area (TPSA) is 126 Å². The molecule has 178 valence electrons. The van der Waals surface area contributed by atoms with E-state index in [4.69, 9.17) is 14.5 Å². The van der Waals surface area contributed by atoms with Crippen molar-refractivity contribution >= 4 is 28.9 Å². The van der Waals surface area contributed by atoms with Crippen LogP contribution in [0.15, 0.2) is 6.33 Å². The van der Waals surface area contributed by atoms with Crippen molar-refractivity contribution in [1.29, 1.82) is 0 Å². The molecule has 11 heteroatoms. The minimum absolute atomic E-state index is 0.271. The molecule has 1 fully saturated rings. The summed E-state index contributed by atoms with van der Waals surface area (Å²) in [4.78, 5) is 28.8. The van der Waals surface area contributed by atoms with E-state index in [-0.39, 0.29) is 12.5 Å². The fourth-order valence-electron chi connectivity index (χ4n) is 3.52. The van der Waals surface area contributed by atoms with Crippen LogP contribution in [0.1, 0.15) is 47.0 Å². The van der Waals surface area contributed by atoms with Gasteiger partial charge in [-0.3, -0.25) is 9.69 Å². The molecule has 2 aromatic rings. The fraction of sp³-hybridized carbons (Fsp3) is 0.714. The summed E-state index contributed by atoms with van der Waals surface area (Å²) in [5, 5.41) is 20.2. The third kappa shape index (κ3) is 6.05. The largest absolute Gasteiger partial charge is 0.480 e. The molecule has 1 atom stereocenters. The van der Waals surface area contributed by atoms with E-state index in [2.05, 4.69) is 21.8 Å². The first-order valence-electron chi connectivity index (χ1n) is 11.1. The molecule has 11 nitrogen and oxygen atoms in total. The number of aliphatic carboxylic acids is 1. The minimum atomic E-state index is -1.25. The van der Waals surface area contributed by atoms with Crippen molar-refractivity contribution in [3.05, 3.63) is 6.33 Å². The van der Waals surface area contributed by atoms with Gasteiger partial charge in [-0.15, -0.1) is 0 Å². The molecular weight excluding hydrogens is 416 g/mol. The van der Waals surface area contributed by atoms with Crippen molar-refractivity contribution in [3.8, 4) is 0 Å². The van der Waals surface area contributed by atoms with E-state index in [1.807, 2.05) is 20.8 Å². The molecule has 0 spiro atoms. The normalized spacial score (nSPS) is 15.8. The number of fused-ring (bicyclic) bond motifs is 1. The Hall–Kier alpha value is -2.50. The summed E-state index contributed by atoms with van der Waals surface area (Å²) in [6.07, 6.45) is 3.04. The molecule has 1 unspecified atom stereocenters. The van der Waals surface area contributed by atoms with Gasteiger partial charge in [-0.25, -0.2) is 4.98 Å². The highest BCUT2D eigenvalue weighted by molar-refractivity contribution is 5.86. The number of aromatic nitrogens is 4. The first-order valence-corrected chi connectivity index (χ1v) is 11.1. The molecule has 1 aliphatic rings. The summed E-state index contributed by atoms with van der Waals surface area (Å²) < 4.78 is 12.8. The lowest BCUT2D eigenvalue weighted by Crippen LogP contribution is -2.44. The molecule has 1 saturated heterocycles. The first kappa shape index (κ1) is 24.1. The fourth-order valence-corrected chi connectivity index (χ4v) is 3.52. The Bertz CT molecular complexity index is 906. The second-order valence-corrected chi connectivity index (χ2v) is 8.84. The molecule has 0 saturated carbocycles. The molecular formula is C21H34N6O5. The van der Waals surface area contributed by atoms with Crippen LogP contribution >= 0.6 is 0 Å². The summed E-state index contributed by atoms with van der Waals surface area (Å²) >= 11 is 0. The highest BCUT2D eigenvalue weighted by Gasteiger charge is 2.28. The second-order valence-electron chi connectivity index (χ2n) is 8.84. The second kappa shape index (κ2) is 10.4. The highest BCUT2D eigenvalue weighted by Crippen LogP contribution is 2.28. The van der Waals surface area contributed by atoms with Gasteiger partial charge in [0, 0.05) is 19.6 Å². The van der Waals surface area contributed by atoms with Gasteiger partial charge in [0.25, 0.3) is 0 Å². The monoisotopic (exact) mass is 450 g/mol. The highest BCUT2D eigenvalue weighted by atomic mass is 16.6. The predicted molar refractivity (Wildman–Crippen MR) is 120 cm³/mol.